The molecule has 176 valence electrons. The lowest BCUT2D eigenvalue weighted by atomic mass is 10.0. The molecule has 0 aliphatic heterocycles. The van der Waals surface area contributed by atoms with Crippen LogP contribution >= 0.6 is 0 Å². The second kappa shape index (κ2) is 8.13. The lowest BCUT2D eigenvalue weighted by molar-refractivity contribution is -0.137. The summed E-state index contributed by atoms with van der Waals surface area (Å²) in [5, 5.41) is 12.1. The van der Waals surface area contributed by atoms with Gasteiger partial charge in [0.1, 0.15) is 23.0 Å². The van der Waals surface area contributed by atoms with Gasteiger partial charge in [0.2, 0.25) is 5.76 Å². The first-order valence-electron chi connectivity index (χ1n) is 10.5. The Morgan fingerprint density at radius 1 is 1.14 bits per heavy atom. The van der Waals surface area contributed by atoms with E-state index in [0.29, 0.717) is 0 Å². The van der Waals surface area contributed by atoms with Gasteiger partial charge in [0.25, 0.3) is 11.5 Å². The van der Waals surface area contributed by atoms with Gasteiger partial charge in [-0.25, -0.2) is 4.39 Å². The molecule has 0 bridgehead atoms. The van der Waals surface area contributed by atoms with Crippen molar-refractivity contribution in [3.8, 4) is 17.2 Å². The van der Waals surface area contributed by atoms with E-state index in [2.05, 4.69) is 5.32 Å². The van der Waals surface area contributed by atoms with Gasteiger partial charge in [-0.2, -0.15) is 18.4 Å². The van der Waals surface area contributed by atoms with Crippen LogP contribution in [0.1, 0.15) is 40.6 Å². The molecule has 2 heterocycles. The molecule has 35 heavy (non-hydrogen) atoms. The second-order valence-corrected chi connectivity index (χ2v) is 8.18. The third-order valence-electron chi connectivity index (χ3n) is 5.70. The van der Waals surface area contributed by atoms with E-state index in [-0.39, 0.29) is 45.1 Å². The Hall–Kier alpha value is -4.39. The van der Waals surface area contributed by atoms with Gasteiger partial charge in [-0.1, -0.05) is 6.07 Å². The number of halogens is 4. The highest BCUT2D eigenvalue weighted by Crippen LogP contribution is 2.39. The molecule has 0 atom stereocenters. The summed E-state index contributed by atoms with van der Waals surface area (Å²) in [6.07, 6.45) is -1.63. The first kappa shape index (κ1) is 22.4. The highest BCUT2D eigenvalue weighted by molar-refractivity contribution is 6.12. The van der Waals surface area contributed by atoms with Gasteiger partial charge < -0.3 is 14.3 Å². The van der Waals surface area contributed by atoms with Gasteiger partial charge in [0.05, 0.1) is 5.56 Å². The van der Waals surface area contributed by atoms with Crippen molar-refractivity contribution in [3.63, 3.8) is 0 Å². The summed E-state index contributed by atoms with van der Waals surface area (Å²) in [4.78, 5) is 25.7. The molecule has 1 aliphatic carbocycles. The first-order valence-corrected chi connectivity index (χ1v) is 10.5. The van der Waals surface area contributed by atoms with E-state index in [1.54, 1.807) is 0 Å². The van der Waals surface area contributed by atoms with Crippen LogP contribution in [0.4, 0.5) is 23.2 Å². The lowest BCUT2D eigenvalue weighted by Gasteiger charge is -2.11. The zero-order chi connectivity index (χ0) is 24.9. The standard InChI is InChI=1S/C25H15F4N3O3/c26-16-4-7-20-19(10-16)21(14-8-13(11-30)24(34)32(12-14)18-5-6-18)22(35-20)23(33)31-17-3-1-2-15(9-17)25(27,28)29/h1-4,7-10,12,18H,5-6H2,(H,31,33). The van der Waals surface area contributed by atoms with Crippen LogP contribution in [0.15, 0.2) is 63.9 Å². The van der Waals surface area contributed by atoms with Crippen LogP contribution in [-0.4, -0.2) is 10.5 Å². The molecular formula is C25H15F4N3O3. The Bertz CT molecular complexity index is 1590. The maximum Gasteiger partial charge on any atom is 0.416 e. The van der Waals surface area contributed by atoms with Gasteiger partial charge in [-0.15, -0.1) is 0 Å². The van der Waals surface area contributed by atoms with Crippen LogP contribution in [-0.2, 0) is 6.18 Å². The molecule has 1 amide bonds. The van der Waals surface area contributed by atoms with E-state index >= 15 is 0 Å². The molecule has 5 rings (SSSR count). The van der Waals surface area contributed by atoms with Crippen LogP contribution in [0.25, 0.3) is 22.1 Å². The summed E-state index contributed by atoms with van der Waals surface area (Å²) >= 11 is 0. The predicted octanol–water partition coefficient (Wildman–Crippen LogP) is 5.88. The highest BCUT2D eigenvalue weighted by atomic mass is 19.4. The van der Waals surface area contributed by atoms with E-state index in [1.165, 1.54) is 29.0 Å². The Kier molecular flexibility index (Phi) is 5.20. The Balaban J connectivity index is 1.66. The maximum atomic E-state index is 14.1. The number of nitrogens with one attached hydrogen (secondary N) is 1. The number of benzene rings is 2. The normalized spacial score (nSPS) is 13.6. The topological polar surface area (TPSA) is 88.0 Å². The number of fused-ring (bicyclic) bond motifs is 1. The molecule has 1 saturated carbocycles. The van der Waals surface area contributed by atoms with Crippen LogP contribution < -0.4 is 10.9 Å². The number of furan rings is 1. The fraction of sp³-hybridized carbons (Fsp3) is 0.160. The summed E-state index contributed by atoms with van der Waals surface area (Å²) in [5.41, 5.74) is -1.17. The third-order valence-corrected chi connectivity index (χ3v) is 5.70. The molecule has 6 nitrogen and oxygen atoms in total. The number of amides is 1. The number of hydrogen-bond donors (Lipinski definition) is 1. The fourth-order valence-electron chi connectivity index (χ4n) is 3.92. The van der Waals surface area contributed by atoms with Crippen LogP contribution in [0.3, 0.4) is 0 Å². The minimum Gasteiger partial charge on any atom is -0.450 e. The number of rotatable bonds is 4. The third kappa shape index (κ3) is 4.17. The molecule has 0 radical (unpaired) electrons. The van der Waals surface area contributed by atoms with Crippen LogP contribution in [0, 0.1) is 17.1 Å². The minimum absolute atomic E-state index is 0.0909. The molecule has 0 saturated heterocycles. The zero-order valence-corrected chi connectivity index (χ0v) is 17.8. The van der Waals surface area contributed by atoms with Crippen molar-refractivity contribution < 1.29 is 26.8 Å². The number of pyridine rings is 1. The van der Waals surface area contributed by atoms with Crippen molar-refractivity contribution in [2.45, 2.75) is 25.1 Å². The molecule has 1 aliphatic rings. The molecule has 10 heteroatoms. The quantitative estimate of drug-likeness (QED) is 0.369. The number of carbonyl (C=O) groups is 1. The van der Waals surface area contributed by atoms with Gasteiger partial charge in [-0.3, -0.25) is 9.59 Å². The molecule has 2 aromatic carbocycles. The van der Waals surface area contributed by atoms with Crippen LogP contribution in [0.5, 0.6) is 0 Å². The number of carbonyl (C=O) groups excluding carboxylic acids is 1. The van der Waals surface area contributed by atoms with E-state index < -0.39 is 29.0 Å². The molecule has 2 aromatic heterocycles. The van der Waals surface area contributed by atoms with Gasteiger partial charge >= 0.3 is 6.18 Å². The lowest BCUT2D eigenvalue weighted by Crippen LogP contribution is -2.21. The zero-order valence-electron chi connectivity index (χ0n) is 17.8. The number of aromatic nitrogens is 1. The van der Waals surface area contributed by atoms with E-state index in [1.807, 2.05) is 6.07 Å². The molecule has 1 fully saturated rings. The SMILES string of the molecule is N#Cc1cc(-c2c(C(=O)Nc3cccc(C(F)(F)F)c3)oc3ccc(F)cc23)cn(C2CC2)c1=O. The molecule has 1 N–H and O–H groups in total. The molecular weight excluding hydrogens is 466 g/mol. The Morgan fingerprint density at radius 3 is 2.60 bits per heavy atom. The van der Waals surface area contributed by atoms with E-state index in [4.69, 9.17) is 4.42 Å². The number of alkyl halides is 3. The average Bonchev–Trinajstić information content (AvgIpc) is 3.59. The number of nitriles is 1. The molecule has 0 unspecified atom stereocenters. The van der Waals surface area contributed by atoms with Gasteiger partial charge in [-0.05, 0) is 55.3 Å². The molecule has 4 aromatic rings. The van der Waals surface area contributed by atoms with Gasteiger partial charge in [0.15, 0.2) is 0 Å². The number of anilines is 1. The smallest absolute Gasteiger partial charge is 0.416 e. The Morgan fingerprint density at radius 2 is 1.91 bits per heavy atom. The summed E-state index contributed by atoms with van der Waals surface area (Å²) in [5.74, 6) is -1.79. The van der Waals surface area contributed by atoms with Crippen molar-refractivity contribution in [2.75, 3.05) is 5.32 Å². The van der Waals surface area contributed by atoms with Crippen molar-refractivity contribution in [1.82, 2.24) is 4.57 Å². The van der Waals surface area contributed by atoms with E-state index in [0.717, 1.165) is 43.2 Å². The highest BCUT2D eigenvalue weighted by Gasteiger charge is 2.31. The fourth-order valence-corrected chi connectivity index (χ4v) is 3.92. The van der Waals surface area contributed by atoms with Crippen molar-refractivity contribution in [3.05, 3.63) is 87.8 Å². The summed E-state index contributed by atoms with van der Waals surface area (Å²) in [6, 6.07) is 10.7. The maximum absolute atomic E-state index is 14.1. The van der Waals surface area contributed by atoms with Crippen molar-refractivity contribution in [2.24, 2.45) is 0 Å². The number of hydrogen-bond acceptors (Lipinski definition) is 4. The summed E-state index contributed by atoms with van der Waals surface area (Å²) in [7, 11) is 0. The molecule has 0 spiro atoms. The average molecular weight is 481 g/mol. The van der Waals surface area contributed by atoms with Gasteiger partial charge in [0, 0.05) is 34.4 Å². The first-order chi connectivity index (χ1) is 16.7. The summed E-state index contributed by atoms with van der Waals surface area (Å²) in [6.45, 7) is 0. The minimum atomic E-state index is -4.60. The monoisotopic (exact) mass is 481 g/mol. The Labute approximate surface area is 195 Å². The van der Waals surface area contributed by atoms with E-state index in [9.17, 15) is 32.4 Å². The largest absolute Gasteiger partial charge is 0.450 e. The predicted molar refractivity (Wildman–Crippen MR) is 118 cm³/mol. The van der Waals surface area contributed by atoms with Crippen molar-refractivity contribution in [1.29, 1.82) is 5.26 Å². The second-order valence-electron chi connectivity index (χ2n) is 8.18. The summed E-state index contributed by atoms with van der Waals surface area (Å²) < 4.78 is 60.5. The number of nitrogens with zero attached hydrogens (tertiary/aromatic N) is 2. The van der Waals surface area contributed by atoms with Crippen LogP contribution in [0.2, 0.25) is 0 Å². The van der Waals surface area contributed by atoms with Crippen molar-refractivity contribution >= 4 is 22.6 Å².